The number of hydrogen-bond donors (Lipinski definition) is 1. The molecule has 0 aliphatic carbocycles. The van der Waals surface area contributed by atoms with E-state index in [-0.39, 0.29) is 12.0 Å². The zero-order valence-corrected chi connectivity index (χ0v) is 14.3. The van der Waals surface area contributed by atoms with Gasteiger partial charge in [0.15, 0.2) is 0 Å². The Kier molecular flexibility index (Phi) is 6.40. The normalized spacial score (nSPS) is 14.9. The Hall–Kier alpha value is -2.40. The van der Waals surface area contributed by atoms with Crippen LogP contribution in [0.2, 0.25) is 0 Å². The van der Waals surface area contributed by atoms with E-state index in [4.69, 9.17) is 9.47 Å². The number of aryl methyl sites for hydroxylation is 1. The van der Waals surface area contributed by atoms with Crippen LogP contribution in [-0.2, 0) is 11.2 Å². The maximum atomic E-state index is 12.1. The molecule has 5 heteroatoms. The number of hydrogen-bond acceptors (Lipinski definition) is 4. The number of rotatable bonds is 7. The third-order valence-corrected chi connectivity index (χ3v) is 4.22. The molecule has 5 nitrogen and oxygen atoms in total. The summed E-state index contributed by atoms with van der Waals surface area (Å²) in [6.45, 7) is 2.11. The summed E-state index contributed by atoms with van der Waals surface area (Å²) in [5, 5.41) is 2.93. The number of benzene rings is 1. The monoisotopic (exact) mass is 340 g/mol. The number of nitrogens with zero attached hydrogens (tertiary/aromatic N) is 1. The number of nitrogens with one attached hydrogen (secondary N) is 1. The second-order valence-corrected chi connectivity index (χ2v) is 6.16. The van der Waals surface area contributed by atoms with Gasteiger partial charge >= 0.3 is 0 Å². The van der Waals surface area contributed by atoms with Crippen molar-refractivity contribution in [3.63, 3.8) is 0 Å². The maximum Gasteiger partial charge on any atom is 0.252 e. The van der Waals surface area contributed by atoms with Crippen LogP contribution in [0.5, 0.6) is 5.88 Å². The summed E-state index contributed by atoms with van der Waals surface area (Å²) < 4.78 is 11.1. The van der Waals surface area contributed by atoms with Crippen LogP contribution in [0.3, 0.4) is 0 Å². The van der Waals surface area contributed by atoms with Crippen molar-refractivity contribution in [1.29, 1.82) is 0 Å². The Morgan fingerprint density at radius 3 is 2.68 bits per heavy atom. The van der Waals surface area contributed by atoms with E-state index in [1.165, 1.54) is 5.56 Å². The SMILES string of the molecule is O=C(NCCCc1ccccc1)c1ccc(OC2CCOCC2)nc1. The molecule has 0 atom stereocenters. The van der Waals surface area contributed by atoms with Gasteiger partial charge in [-0.25, -0.2) is 4.98 Å². The molecule has 1 N–H and O–H groups in total. The van der Waals surface area contributed by atoms with Gasteiger partial charge in [-0.1, -0.05) is 30.3 Å². The minimum Gasteiger partial charge on any atom is -0.474 e. The highest BCUT2D eigenvalue weighted by Gasteiger charge is 2.16. The zero-order chi connectivity index (χ0) is 17.3. The van der Waals surface area contributed by atoms with Gasteiger partial charge < -0.3 is 14.8 Å². The number of amides is 1. The molecule has 1 aliphatic rings. The third kappa shape index (κ3) is 5.57. The Morgan fingerprint density at radius 1 is 1.16 bits per heavy atom. The summed E-state index contributed by atoms with van der Waals surface area (Å²) in [7, 11) is 0. The summed E-state index contributed by atoms with van der Waals surface area (Å²) >= 11 is 0. The van der Waals surface area contributed by atoms with Crippen LogP contribution in [0.15, 0.2) is 48.7 Å². The first kappa shape index (κ1) is 17.4. The van der Waals surface area contributed by atoms with Crippen LogP contribution in [0.1, 0.15) is 35.2 Å². The molecule has 0 spiro atoms. The van der Waals surface area contributed by atoms with Gasteiger partial charge in [0.1, 0.15) is 6.10 Å². The standard InChI is InChI=1S/C20H24N2O3/c23-20(21-12-4-7-16-5-2-1-3-6-16)17-8-9-19(22-15-17)25-18-10-13-24-14-11-18/h1-3,5-6,8-9,15,18H,4,7,10-14H2,(H,21,23). The molecule has 3 rings (SSSR count). The molecule has 25 heavy (non-hydrogen) atoms. The molecule has 2 heterocycles. The molecule has 0 saturated carbocycles. The van der Waals surface area contributed by atoms with Gasteiger partial charge in [-0.3, -0.25) is 4.79 Å². The fourth-order valence-electron chi connectivity index (χ4n) is 2.79. The molecule has 1 saturated heterocycles. The van der Waals surface area contributed by atoms with Crippen LogP contribution >= 0.6 is 0 Å². The highest BCUT2D eigenvalue weighted by atomic mass is 16.5. The van der Waals surface area contributed by atoms with Gasteiger partial charge in [0.25, 0.3) is 5.91 Å². The molecular weight excluding hydrogens is 316 g/mol. The predicted molar refractivity (Wildman–Crippen MR) is 95.8 cm³/mol. The molecule has 1 aromatic carbocycles. The molecule has 1 fully saturated rings. The predicted octanol–water partition coefficient (Wildman–Crippen LogP) is 3.00. The molecular formula is C20H24N2O3. The minimum absolute atomic E-state index is 0.0989. The van der Waals surface area contributed by atoms with Gasteiger partial charge in [0.05, 0.1) is 18.8 Å². The molecule has 1 aromatic heterocycles. The molecule has 0 bridgehead atoms. The second-order valence-electron chi connectivity index (χ2n) is 6.16. The topological polar surface area (TPSA) is 60.5 Å². The van der Waals surface area contributed by atoms with Crippen LogP contribution in [-0.4, -0.2) is 36.8 Å². The minimum atomic E-state index is -0.0989. The van der Waals surface area contributed by atoms with Gasteiger partial charge in [-0.15, -0.1) is 0 Å². The van der Waals surface area contributed by atoms with Gasteiger partial charge in [0.2, 0.25) is 5.88 Å². The van der Waals surface area contributed by atoms with Crippen LogP contribution in [0.4, 0.5) is 0 Å². The van der Waals surface area contributed by atoms with E-state index < -0.39 is 0 Å². The number of aromatic nitrogens is 1. The van der Waals surface area contributed by atoms with E-state index in [0.29, 0.717) is 18.0 Å². The number of ether oxygens (including phenoxy) is 2. The van der Waals surface area contributed by atoms with Crippen molar-refractivity contribution >= 4 is 5.91 Å². The van der Waals surface area contributed by atoms with Gasteiger partial charge in [-0.05, 0) is 24.5 Å². The highest BCUT2D eigenvalue weighted by Crippen LogP contribution is 2.16. The zero-order valence-electron chi connectivity index (χ0n) is 14.3. The van der Waals surface area contributed by atoms with E-state index in [0.717, 1.165) is 38.9 Å². The quantitative estimate of drug-likeness (QED) is 0.787. The van der Waals surface area contributed by atoms with E-state index in [1.54, 1.807) is 18.3 Å². The smallest absolute Gasteiger partial charge is 0.252 e. The van der Waals surface area contributed by atoms with Crippen molar-refractivity contribution < 1.29 is 14.3 Å². The molecule has 1 amide bonds. The van der Waals surface area contributed by atoms with Crippen molar-refractivity contribution in [3.8, 4) is 5.88 Å². The number of pyridine rings is 1. The summed E-state index contributed by atoms with van der Waals surface area (Å²) in [6.07, 6.45) is 5.35. The van der Waals surface area contributed by atoms with Crippen molar-refractivity contribution in [3.05, 3.63) is 59.8 Å². The van der Waals surface area contributed by atoms with E-state index >= 15 is 0 Å². The maximum absolute atomic E-state index is 12.1. The lowest BCUT2D eigenvalue weighted by molar-refractivity contribution is 0.0237. The van der Waals surface area contributed by atoms with Gasteiger partial charge in [0, 0.05) is 31.6 Å². The molecule has 2 aromatic rings. The van der Waals surface area contributed by atoms with Crippen LogP contribution < -0.4 is 10.1 Å². The third-order valence-electron chi connectivity index (χ3n) is 4.22. The molecule has 0 radical (unpaired) electrons. The second kappa shape index (κ2) is 9.18. The van der Waals surface area contributed by atoms with Crippen LogP contribution in [0, 0.1) is 0 Å². The first-order valence-corrected chi connectivity index (χ1v) is 8.84. The summed E-state index contributed by atoms with van der Waals surface area (Å²) in [5.41, 5.74) is 1.84. The van der Waals surface area contributed by atoms with E-state index in [1.807, 2.05) is 18.2 Å². The van der Waals surface area contributed by atoms with Crippen molar-refractivity contribution in [2.75, 3.05) is 19.8 Å². The van der Waals surface area contributed by atoms with Crippen LogP contribution in [0.25, 0.3) is 0 Å². The van der Waals surface area contributed by atoms with E-state index in [9.17, 15) is 4.79 Å². The van der Waals surface area contributed by atoms with Gasteiger partial charge in [-0.2, -0.15) is 0 Å². The van der Waals surface area contributed by atoms with E-state index in [2.05, 4.69) is 22.4 Å². The van der Waals surface area contributed by atoms with Crippen molar-refractivity contribution in [2.24, 2.45) is 0 Å². The molecule has 1 aliphatic heterocycles. The first-order valence-electron chi connectivity index (χ1n) is 8.84. The first-order chi connectivity index (χ1) is 12.3. The Labute approximate surface area is 148 Å². The highest BCUT2D eigenvalue weighted by molar-refractivity contribution is 5.93. The molecule has 132 valence electrons. The van der Waals surface area contributed by atoms with Crippen molar-refractivity contribution in [1.82, 2.24) is 10.3 Å². The Bertz CT molecular complexity index is 652. The summed E-state index contributed by atoms with van der Waals surface area (Å²) in [5.74, 6) is 0.464. The largest absolute Gasteiger partial charge is 0.474 e. The Morgan fingerprint density at radius 2 is 1.96 bits per heavy atom. The lowest BCUT2D eigenvalue weighted by atomic mass is 10.1. The number of carbonyl (C=O) groups excluding carboxylic acids is 1. The summed E-state index contributed by atoms with van der Waals surface area (Å²) in [6, 6.07) is 13.8. The number of carbonyl (C=O) groups is 1. The molecule has 0 unspecified atom stereocenters. The fourth-order valence-corrected chi connectivity index (χ4v) is 2.79. The van der Waals surface area contributed by atoms with Crippen molar-refractivity contribution in [2.45, 2.75) is 31.8 Å². The average Bonchev–Trinajstić information content (AvgIpc) is 2.67. The fraction of sp³-hybridized carbons (Fsp3) is 0.400. The lowest BCUT2D eigenvalue weighted by Crippen LogP contribution is -2.26. The Balaban J connectivity index is 1.41. The lowest BCUT2D eigenvalue weighted by Gasteiger charge is -2.22. The average molecular weight is 340 g/mol. The summed E-state index contributed by atoms with van der Waals surface area (Å²) in [4.78, 5) is 16.4.